The summed E-state index contributed by atoms with van der Waals surface area (Å²) in [6.07, 6.45) is 3.40. The highest BCUT2D eigenvalue weighted by Crippen LogP contribution is 2.21. The summed E-state index contributed by atoms with van der Waals surface area (Å²) in [6.45, 7) is 4.34. The first-order chi connectivity index (χ1) is 7.19. The average Bonchev–Trinajstić information content (AvgIpc) is 2.27. The monoisotopic (exact) mass is 233 g/mol. The number of esters is 1. The molecule has 0 bridgehead atoms. The van der Waals surface area contributed by atoms with Crippen molar-refractivity contribution in [3.8, 4) is 0 Å². The summed E-state index contributed by atoms with van der Waals surface area (Å²) < 4.78 is 4.64. The summed E-state index contributed by atoms with van der Waals surface area (Å²) in [7, 11) is 3.42. The maximum atomic E-state index is 11.0. The Balaban J connectivity index is 4.02. The Kier molecular flexibility index (Phi) is 8.91. The van der Waals surface area contributed by atoms with Crippen molar-refractivity contribution in [3.63, 3.8) is 0 Å². The molecule has 2 atom stereocenters. The van der Waals surface area contributed by atoms with Gasteiger partial charge in [0.15, 0.2) is 0 Å². The van der Waals surface area contributed by atoms with Crippen LogP contribution in [0.2, 0.25) is 0 Å². The molecule has 0 fully saturated rings. The second kappa shape index (κ2) is 9.04. The number of rotatable bonds is 8. The second-order valence-electron chi connectivity index (χ2n) is 3.52. The Morgan fingerprint density at radius 2 is 2.13 bits per heavy atom. The molecule has 4 heteroatoms. The number of nitrogens with one attached hydrogen (secondary N) is 1. The van der Waals surface area contributed by atoms with E-state index >= 15 is 0 Å². The van der Waals surface area contributed by atoms with E-state index in [0.29, 0.717) is 17.0 Å². The highest BCUT2D eigenvalue weighted by molar-refractivity contribution is 8.00. The van der Waals surface area contributed by atoms with Gasteiger partial charge in [-0.25, -0.2) is 0 Å². The lowest BCUT2D eigenvalue weighted by Crippen LogP contribution is -2.35. The van der Waals surface area contributed by atoms with E-state index in [4.69, 9.17) is 0 Å². The maximum Gasteiger partial charge on any atom is 0.315 e. The molecule has 0 amide bonds. The minimum absolute atomic E-state index is 0.134. The quantitative estimate of drug-likeness (QED) is 0.651. The van der Waals surface area contributed by atoms with Gasteiger partial charge < -0.3 is 10.1 Å². The topological polar surface area (TPSA) is 38.3 Å². The summed E-state index contributed by atoms with van der Waals surface area (Å²) in [6, 6.07) is 0.495. The zero-order valence-corrected chi connectivity index (χ0v) is 11.0. The summed E-state index contributed by atoms with van der Waals surface area (Å²) in [4.78, 5) is 11.0. The summed E-state index contributed by atoms with van der Waals surface area (Å²) in [5.41, 5.74) is 0. The molecule has 0 saturated carbocycles. The van der Waals surface area contributed by atoms with Gasteiger partial charge in [-0.1, -0.05) is 20.3 Å². The molecule has 90 valence electrons. The van der Waals surface area contributed by atoms with Crippen LogP contribution in [0.4, 0.5) is 0 Å². The highest BCUT2D eigenvalue weighted by atomic mass is 32.2. The lowest BCUT2D eigenvalue weighted by molar-refractivity contribution is -0.137. The smallest absolute Gasteiger partial charge is 0.315 e. The molecular formula is C11H23NO2S. The van der Waals surface area contributed by atoms with Crippen molar-refractivity contribution in [1.29, 1.82) is 0 Å². The molecule has 1 N–H and O–H groups in total. The Morgan fingerprint density at radius 3 is 2.53 bits per heavy atom. The minimum atomic E-state index is -0.134. The van der Waals surface area contributed by atoms with E-state index in [0.717, 1.165) is 12.8 Å². The van der Waals surface area contributed by atoms with Crippen LogP contribution in [-0.2, 0) is 9.53 Å². The van der Waals surface area contributed by atoms with Gasteiger partial charge in [-0.2, -0.15) is 0 Å². The largest absolute Gasteiger partial charge is 0.468 e. The predicted molar refractivity (Wildman–Crippen MR) is 66.3 cm³/mol. The molecule has 0 radical (unpaired) electrons. The van der Waals surface area contributed by atoms with Gasteiger partial charge in [-0.3, -0.25) is 4.79 Å². The fourth-order valence-electron chi connectivity index (χ4n) is 1.58. The molecule has 0 spiro atoms. The first-order valence-corrected chi connectivity index (χ1v) is 6.60. The number of carbonyl (C=O) groups excluding carboxylic acids is 1. The van der Waals surface area contributed by atoms with E-state index in [1.165, 1.54) is 13.5 Å². The molecular weight excluding hydrogens is 210 g/mol. The van der Waals surface area contributed by atoms with Crippen LogP contribution in [0.3, 0.4) is 0 Å². The van der Waals surface area contributed by atoms with E-state index < -0.39 is 0 Å². The molecule has 15 heavy (non-hydrogen) atoms. The van der Waals surface area contributed by atoms with Crippen LogP contribution in [-0.4, -0.2) is 37.2 Å². The van der Waals surface area contributed by atoms with Gasteiger partial charge >= 0.3 is 5.97 Å². The van der Waals surface area contributed by atoms with Crippen LogP contribution in [0.5, 0.6) is 0 Å². The molecule has 0 heterocycles. The molecule has 0 aliphatic heterocycles. The molecule has 0 aromatic rings. The lowest BCUT2D eigenvalue weighted by Gasteiger charge is -2.24. The Labute approximate surface area is 97.3 Å². The van der Waals surface area contributed by atoms with Crippen molar-refractivity contribution >= 4 is 17.7 Å². The van der Waals surface area contributed by atoms with Crippen molar-refractivity contribution in [2.45, 2.75) is 44.4 Å². The van der Waals surface area contributed by atoms with Crippen LogP contribution in [0, 0.1) is 0 Å². The molecule has 2 unspecified atom stereocenters. The third kappa shape index (κ3) is 6.05. The lowest BCUT2D eigenvalue weighted by atomic mass is 10.1. The van der Waals surface area contributed by atoms with Gasteiger partial charge in [0.05, 0.1) is 12.9 Å². The van der Waals surface area contributed by atoms with Crippen molar-refractivity contribution in [2.24, 2.45) is 0 Å². The summed E-state index contributed by atoms with van der Waals surface area (Å²) >= 11 is 1.69. The standard InChI is InChI=1S/C11H23NO2S/c1-5-7-9(12-3)10(6-2)15-8-11(13)14-4/h9-10,12H,5-8H2,1-4H3. The number of methoxy groups -OCH3 is 1. The van der Waals surface area contributed by atoms with Crippen LogP contribution in [0.15, 0.2) is 0 Å². The molecule has 0 aromatic heterocycles. The first-order valence-electron chi connectivity index (χ1n) is 5.55. The van der Waals surface area contributed by atoms with Gasteiger partial charge in [0.25, 0.3) is 0 Å². The maximum absolute atomic E-state index is 11.0. The third-order valence-electron chi connectivity index (χ3n) is 2.46. The zero-order chi connectivity index (χ0) is 11.7. The normalized spacial score (nSPS) is 14.7. The Bertz CT molecular complexity index is 176. The van der Waals surface area contributed by atoms with Gasteiger partial charge in [-0.05, 0) is 19.9 Å². The number of hydrogen-bond donors (Lipinski definition) is 1. The Hall–Kier alpha value is -0.220. The van der Waals surface area contributed by atoms with Crippen molar-refractivity contribution in [3.05, 3.63) is 0 Å². The van der Waals surface area contributed by atoms with Crippen LogP contribution in [0.25, 0.3) is 0 Å². The van der Waals surface area contributed by atoms with Crippen LogP contribution >= 0.6 is 11.8 Å². The molecule has 0 aliphatic rings. The minimum Gasteiger partial charge on any atom is -0.468 e. The van der Waals surface area contributed by atoms with Crippen LogP contribution in [0.1, 0.15) is 33.1 Å². The number of hydrogen-bond acceptors (Lipinski definition) is 4. The first kappa shape index (κ1) is 14.8. The number of carbonyl (C=O) groups is 1. The third-order valence-corrected chi connectivity index (χ3v) is 3.96. The molecule has 0 saturated heterocycles. The van der Waals surface area contributed by atoms with E-state index in [9.17, 15) is 4.79 Å². The van der Waals surface area contributed by atoms with E-state index in [2.05, 4.69) is 23.9 Å². The van der Waals surface area contributed by atoms with Gasteiger partial charge in [-0.15, -0.1) is 11.8 Å². The molecule has 0 aromatic carbocycles. The van der Waals surface area contributed by atoms with E-state index in [-0.39, 0.29) is 5.97 Å². The number of ether oxygens (including phenoxy) is 1. The predicted octanol–water partition coefficient (Wildman–Crippen LogP) is 2.06. The van der Waals surface area contributed by atoms with E-state index in [1.54, 1.807) is 11.8 Å². The average molecular weight is 233 g/mol. The molecule has 0 aliphatic carbocycles. The highest BCUT2D eigenvalue weighted by Gasteiger charge is 2.19. The van der Waals surface area contributed by atoms with Gasteiger partial charge in [0.1, 0.15) is 0 Å². The SMILES string of the molecule is CCCC(NC)C(CC)SCC(=O)OC. The van der Waals surface area contributed by atoms with Gasteiger partial charge in [0.2, 0.25) is 0 Å². The van der Waals surface area contributed by atoms with Crippen molar-refractivity contribution in [1.82, 2.24) is 5.32 Å². The molecule has 3 nitrogen and oxygen atoms in total. The fourth-order valence-corrected chi connectivity index (χ4v) is 2.79. The zero-order valence-electron chi connectivity index (χ0n) is 10.2. The van der Waals surface area contributed by atoms with E-state index in [1.807, 2.05) is 7.05 Å². The molecule has 0 rings (SSSR count). The number of thioether (sulfide) groups is 1. The van der Waals surface area contributed by atoms with Crippen LogP contribution < -0.4 is 5.32 Å². The summed E-state index contributed by atoms with van der Waals surface area (Å²) in [5.74, 6) is 0.321. The Morgan fingerprint density at radius 1 is 1.47 bits per heavy atom. The van der Waals surface area contributed by atoms with Crippen molar-refractivity contribution in [2.75, 3.05) is 19.9 Å². The fraction of sp³-hybridized carbons (Fsp3) is 0.909. The summed E-state index contributed by atoms with van der Waals surface area (Å²) in [5, 5.41) is 3.82. The van der Waals surface area contributed by atoms with Crippen molar-refractivity contribution < 1.29 is 9.53 Å². The second-order valence-corrected chi connectivity index (χ2v) is 4.75. The van der Waals surface area contributed by atoms with Gasteiger partial charge in [0, 0.05) is 11.3 Å².